The van der Waals surface area contributed by atoms with Crippen molar-refractivity contribution >= 4 is 18.1 Å². The first-order valence-electron chi connectivity index (χ1n) is 7.96. The van der Waals surface area contributed by atoms with Crippen molar-refractivity contribution in [2.24, 2.45) is 10.4 Å². The number of benzene rings is 1. The summed E-state index contributed by atoms with van der Waals surface area (Å²) in [7, 11) is 0. The predicted octanol–water partition coefficient (Wildman–Crippen LogP) is 3.82. The lowest BCUT2D eigenvalue weighted by atomic mass is 9.65. The summed E-state index contributed by atoms with van der Waals surface area (Å²) in [6.07, 6.45) is 9.03. The number of nitrogens with two attached hydrogens (primary N) is 1. The van der Waals surface area contributed by atoms with Gasteiger partial charge in [0.2, 0.25) is 0 Å². The van der Waals surface area contributed by atoms with Gasteiger partial charge in [-0.05, 0) is 61.2 Å². The fourth-order valence-electron chi connectivity index (χ4n) is 2.92. The second-order valence-electron chi connectivity index (χ2n) is 6.45. The molecule has 4 nitrogen and oxygen atoms in total. The van der Waals surface area contributed by atoms with Crippen molar-refractivity contribution in [3.63, 3.8) is 0 Å². The SMILES string of the molecule is C=N/C=C\NC/C(=C\C(=N)c1cc(N)ccc1C)C1(C)CCC1. The molecule has 1 aliphatic carbocycles. The standard InChI is InChI=1S/C19H26N4/c1-14-5-6-16(20)12-17(14)18(21)11-15(13-23-10-9-22-3)19(2)7-4-8-19/h5-6,9-12,21,23H,3-4,7-8,13,20H2,1-2H3/b10-9-,15-11+,21-18?. The summed E-state index contributed by atoms with van der Waals surface area (Å²) in [6, 6.07) is 5.72. The third-order valence-electron chi connectivity index (χ3n) is 4.69. The summed E-state index contributed by atoms with van der Waals surface area (Å²) < 4.78 is 0. The summed E-state index contributed by atoms with van der Waals surface area (Å²) in [6.45, 7) is 8.43. The first-order valence-corrected chi connectivity index (χ1v) is 7.96. The second-order valence-corrected chi connectivity index (χ2v) is 6.45. The Labute approximate surface area is 138 Å². The van der Waals surface area contributed by atoms with Crippen LogP contribution in [0.15, 0.2) is 47.2 Å². The van der Waals surface area contributed by atoms with Gasteiger partial charge in [-0.2, -0.15) is 0 Å². The molecule has 23 heavy (non-hydrogen) atoms. The van der Waals surface area contributed by atoms with Crippen LogP contribution in [0, 0.1) is 17.7 Å². The average Bonchev–Trinajstić information content (AvgIpc) is 2.50. The fraction of sp³-hybridized carbons (Fsp3) is 0.368. The molecule has 1 saturated carbocycles. The Morgan fingerprint density at radius 3 is 2.83 bits per heavy atom. The molecule has 1 aromatic rings. The molecule has 2 rings (SSSR count). The molecule has 0 bridgehead atoms. The van der Waals surface area contributed by atoms with Crippen molar-refractivity contribution in [2.75, 3.05) is 12.3 Å². The van der Waals surface area contributed by atoms with Crippen LogP contribution in [-0.4, -0.2) is 19.0 Å². The summed E-state index contributed by atoms with van der Waals surface area (Å²) in [4.78, 5) is 3.69. The van der Waals surface area contributed by atoms with Crippen molar-refractivity contribution in [3.05, 3.63) is 53.4 Å². The van der Waals surface area contributed by atoms with E-state index in [1.807, 2.05) is 31.2 Å². The molecule has 122 valence electrons. The van der Waals surface area contributed by atoms with E-state index >= 15 is 0 Å². The Kier molecular flexibility index (Phi) is 5.37. The van der Waals surface area contributed by atoms with E-state index in [0.29, 0.717) is 17.9 Å². The van der Waals surface area contributed by atoms with Gasteiger partial charge in [0, 0.05) is 30.2 Å². The van der Waals surface area contributed by atoms with E-state index in [2.05, 4.69) is 24.0 Å². The van der Waals surface area contributed by atoms with Gasteiger partial charge in [0.05, 0.1) is 5.71 Å². The van der Waals surface area contributed by atoms with E-state index in [1.165, 1.54) is 24.8 Å². The van der Waals surface area contributed by atoms with Crippen LogP contribution in [0.25, 0.3) is 0 Å². The predicted molar refractivity (Wildman–Crippen MR) is 99.2 cm³/mol. The number of hydrogen-bond acceptors (Lipinski definition) is 4. The van der Waals surface area contributed by atoms with E-state index < -0.39 is 0 Å². The highest BCUT2D eigenvalue weighted by atomic mass is 14.8. The third-order valence-corrected chi connectivity index (χ3v) is 4.69. The van der Waals surface area contributed by atoms with Gasteiger partial charge in [-0.3, -0.25) is 4.99 Å². The summed E-state index contributed by atoms with van der Waals surface area (Å²) in [5.74, 6) is 0. The van der Waals surface area contributed by atoms with Gasteiger partial charge in [-0.1, -0.05) is 19.4 Å². The van der Waals surface area contributed by atoms with Crippen LogP contribution in [0.1, 0.15) is 37.3 Å². The Morgan fingerprint density at radius 1 is 1.48 bits per heavy atom. The number of allylic oxidation sites excluding steroid dienone is 1. The van der Waals surface area contributed by atoms with E-state index in [9.17, 15) is 0 Å². The van der Waals surface area contributed by atoms with Crippen molar-refractivity contribution < 1.29 is 0 Å². The lowest BCUT2D eigenvalue weighted by Crippen LogP contribution is -2.32. The highest BCUT2D eigenvalue weighted by molar-refractivity contribution is 6.08. The molecule has 0 atom stereocenters. The maximum atomic E-state index is 8.49. The second kappa shape index (κ2) is 7.27. The molecule has 4 heteroatoms. The van der Waals surface area contributed by atoms with E-state index in [4.69, 9.17) is 11.1 Å². The molecule has 1 fully saturated rings. The molecule has 0 aromatic heterocycles. The molecule has 0 radical (unpaired) electrons. The number of hydrogen-bond donors (Lipinski definition) is 3. The third kappa shape index (κ3) is 4.09. The smallest absolute Gasteiger partial charge is 0.0616 e. The largest absolute Gasteiger partial charge is 0.399 e. The van der Waals surface area contributed by atoms with Crippen LogP contribution in [0.5, 0.6) is 0 Å². The molecular weight excluding hydrogens is 284 g/mol. The Hall–Kier alpha value is -2.36. The van der Waals surface area contributed by atoms with Crippen molar-refractivity contribution in [1.82, 2.24) is 5.32 Å². The lowest BCUT2D eigenvalue weighted by Gasteiger charge is -2.41. The van der Waals surface area contributed by atoms with Gasteiger partial charge in [0.1, 0.15) is 0 Å². The van der Waals surface area contributed by atoms with Crippen molar-refractivity contribution in [1.29, 1.82) is 5.41 Å². The van der Waals surface area contributed by atoms with E-state index in [-0.39, 0.29) is 5.41 Å². The Morgan fingerprint density at radius 2 is 2.22 bits per heavy atom. The van der Waals surface area contributed by atoms with E-state index in [0.717, 1.165) is 11.1 Å². The van der Waals surface area contributed by atoms with Gasteiger partial charge in [0.15, 0.2) is 0 Å². The van der Waals surface area contributed by atoms with Gasteiger partial charge in [0.25, 0.3) is 0 Å². The number of anilines is 1. The molecule has 0 spiro atoms. The van der Waals surface area contributed by atoms with Crippen LogP contribution in [-0.2, 0) is 0 Å². The van der Waals surface area contributed by atoms with Crippen LogP contribution in [0.4, 0.5) is 5.69 Å². The van der Waals surface area contributed by atoms with Crippen LogP contribution >= 0.6 is 0 Å². The van der Waals surface area contributed by atoms with E-state index in [1.54, 1.807) is 12.4 Å². The molecule has 0 unspecified atom stereocenters. The number of aryl methyl sites for hydroxylation is 1. The highest BCUT2D eigenvalue weighted by Gasteiger charge is 2.35. The Bertz CT molecular complexity index is 651. The number of nitrogens with zero attached hydrogens (tertiary/aromatic N) is 1. The molecule has 0 amide bonds. The minimum absolute atomic E-state index is 0.184. The average molecular weight is 310 g/mol. The molecular formula is C19H26N4. The maximum Gasteiger partial charge on any atom is 0.0616 e. The van der Waals surface area contributed by atoms with Gasteiger partial charge in [-0.15, -0.1) is 0 Å². The monoisotopic (exact) mass is 310 g/mol. The zero-order valence-corrected chi connectivity index (χ0v) is 14.0. The summed E-state index contributed by atoms with van der Waals surface area (Å²) in [5.41, 5.74) is 10.5. The molecule has 0 saturated heterocycles. The fourth-order valence-corrected chi connectivity index (χ4v) is 2.92. The van der Waals surface area contributed by atoms with Gasteiger partial charge >= 0.3 is 0 Å². The first kappa shape index (κ1) is 17.0. The minimum atomic E-state index is 0.184. The normalized spacial score (nSPS) is 16.9. The van der Waals surface area contributed by atoms with Gasteiger partial charge in [-0.25, -0.2) is 0 Å². The topological polar surface area (TPSA) is 74.3 Å². The maximum absolute atomic E-state index is 8.49. The van der Waals surface area contributed by atoms with Crippen LogP contribution in [0.2, 0.25) is 0 Å². The number of nitrogens with one attached hydrogen (secondary N) is 2. The highest BCUT2D eigenvalue weighted by Crippen LogP contribution is 2.46. The minimum Gasteiger partial charge on any atom is -0.399 e. The molecule has 4 N–H and O–H groups in total. The number of nitrogen functional groups attached to an aromatic ring is 1. The van der Waals surface area contributed by atoms with Crippen molar-refractivity contribution in [2.45, 2.75) is 33.1 Å². The zero-order chi connectivity index (χ0) is 16.9. The van der Waals surface area contributed by atoms with Gasteiger partial charge < -0.3 is 16.5 Å². The summed E-state index contributed by atoms with van der Waals surface area (Å²) >= 11 is 0. The first-order chi connectivity index (χ1) is 11.0. The zero-order valence-electron chi connectivity index (χ0n) is 14.0. The molecule has 0 heterocycles. The molecule has 0 aliphatic heterocycles. The number of rotatable bonds is 7. The van der Waals surface area contributed by atoms with Crippen molar-refractivity contribution in [3.8, 4) is 0 Å². The Balaban J connectivity index is 2.24. The van der Waals surface area contributed by atoms with Crippen LogP contribution < -0.4 is 11.1 Å². The number of aliphatic imine (C=N–C) groups is 1. The lowest BCUT2D eigenvalue weighted by molar-refractivity contribution is 0.211. The quantitative estimate of drug-likeness (QED) is 0.529. The summed E-state index contributed by atoms with van der Waals surface area (Å²) in [5, 5.41) is 11.7. The van der Waals surface area contributed by atoms with Crippen LogP contribution in [0.3, 0.4) is 0 Å². The molecule has 1 aromatic carbocycles. The molecule has 1 aliphatic rings.